The molecule has 0 N–H and O–H groups in total. The molecule has 0 aliphatic carbocycles. The highest BCUT2D eigenvalue weighted by Gasteiger charge is 2.39. The van der Waals surface area contributed by atoms with Gasteiger partial charge in [0, 0.05) is 7.05 Å². The van der Waals surface area contributed by atoms with Gasteiger partial charge in [0.05, 0.1) is 15.5 Å². The summed E-state index contributed by atoms with van der Waals surface area (Å²) in [6.45, 7) is 0. The van der Waals surface area contributed by atoms with E-state index in [1.807, 2.05) is 0 Å². The summed E-state index contributed by atoms with van der Waals surface area (Å²) >= 11 is 5.43. The number of fused-ring (bicyclic) bond motifs is 1. The number of benzene rings is 1. The average molecular weight is 298 g/mol. The van der Waals surface area contributed by atoms with Gasteiger partial charge in [-0.2, -0.15) is 17.6 Å². The second-order valence-electron chi connectivity index (χ2n) is 3.64. The van der Waals surface area contributed by atoms with Crippen molar-refractivity contribution in [3.8, 4) is 0 Å². The molecule has 0 fully saturated rings. The van der Waals surface area contributed by atoms with E-state index in [0.717, 1.165) is 13.1 Å². The van der Waals surface area contributed by atoms with Crippen LogP contribution in [0.4, 0.5) is 23.2 Å². The van der Waals surface area contributed by atoms with Gasteiger partial charge in [0.25, 0.3) is 0 Å². The van der Waals surface area contributed by atoms with Crippen molar-refractivity contribution >= 4 is 28.3 Å². The molecule has 0 amide bonds. The molecule has 2 aromatic rings. The SMILES string of the molecule is Cn1c(C(F)(F)F)nc2c([N+](=O)[O-])c(F)c(Cl)cc21. The minimum Gasteiger partial charge on any atom is -0.323 e. The molecule has 0 aliphatic heterocycles. The van der Waals surface area contributed by atoms with E-state index < -0.39 is 39.0 Å². The number of rotatable bonds is 1. The third-order valence-corrected chi connectivity index (χ3v) is 2.76. The predicted octanol–water partition coefficient (Wildman–Crippen LogP) is 3.29. The van der Waals surface area contributed by atoms with Gasteiger partial charge >= 0.3 is 11.9 Å². The Kier molecular flexibility index (Phi) is 2.89. The van der Waals surface area contributed by atoms with E-state index in [2.05, 4.69) is 4.98 Å². The summed E-state index contributed by atoms with van der Waals surface area (Å²) in [6, 6.07) is 0.863. The molecular formula is C9H4ClF4N3O2. The summed E-state index contributed by atoms with van der Waals surface area (Å²) in [4.78, 5) is 12.7. The molecule has 0 saturated carbocycles. The molecule has 19 heavy (non-hydrogen) atoms. The van der Waals surface area contributed by atoms with Crippen LogP contribution in [0.5, 0.6) is 0 Å². The quantitative estimate of drug-likeness (QED) is 0.461. The summed E-state index contributed by atoms with van der Waals surface area (Å²) in [5, 5.41) is 10.1. The summed E-state index contributed by atoms with van der Waals surface area (Å²) in [5.74, 6) is -2.78. The van der Waals surface area contributed by atoms with E-state index >= 15 is 0 Å². The Morgan fingerprint density at radius 3 is 2.53 bits per heavy atom. The van der Waals surface area contributed by atoms with Gasteiger partial charge in [0.15, 0.2) is 5.52 Å². The fraction of sp³-hybridized carbons (Fsp3) is 0.222. The molecule has 0 bridgehead atoms. The fourth-order valence-electron chi connectivity index (χ4n) is 1.67. The van der Waals surface area contributed by atoms with Crippen molar-refractivity contribution < 1.29 is 22.5 Å². The molecule has 1 heterocycles. The topological polar surface area (TPSA) is 61.0 Å². The Hall–Kier alpha value is -1.90. The lowest BCUT2D eigenvalue weighted by molar-refractivity contribution is -0.385. The van der Waals surface area contributed by atoms with Gasteiger partial charge in [0.1, 0.15) is 0 Å². The van der Waals surface area contributed by atoms with Crippen LogP contribution < -0.4 is 0 Å². The number of hydrogen-bond donors (Lipinski definition) is 0. The Balaban J connectivity index is 2.95. The number of aryl methyl sites for hydroxylation is 1. The van der Waals surface area contributed by atoms with Gasteiger partial charge < -0.3 is 4.57 Å². The molecule has 0 atom stereocenters. The molecule has 102 valence electrons. The van der Waals surface area contributed by atoms with Gasteiger partial charge in [-0.1, -0.05) is 11.6 Å². The van der Waals surface area contributed by atoms with Crippen molar-refractivity contribution in [2.75, 3.05) is 0 Å². The minimum absolute atomic E-state index is 0.273. The molecule has 0 radical (unpaired) electrons. The molecule has 2 rings (SSSR count). The van der Waals surface area contributed by atoms with Crippen molar-refractivity contribution in [1.82, 2.24) is 9.55 Å². The highest BCUT2D eigenvalue weighted by molar-refractivity contribution is 6.31. The zero-order valence-electron chi connectivity index (χ0n) is 9.13. The average Bonchev–Trinajstić information content (AvgIpc) is 2.57. The normalized spacial score (nSPS) is 12.1. The van der Waals surface area contributed by atoms with Gasteiger partial charge in [-0.15, -0.1) is 0 Å². The Morgan fingerprint density at radius 1 is 1.47 bits per heavy atom. The number of imidazole rings is 1. The van der Waals surface area contributed by atoms with Crippen LogP contribution >= 0.6 is 11.6 Å². The zero-order valence-corrected chi connectivity index (χ0v) is 9.88. The summed E-state index contributed by atoms with van der Waals surface area (Å²) < 4.78 is 52.0. The van der Waals surface area contributed by atoms with Crippen molar-refractivity contribution in [2.24, 2.45) is 7.05 Å². The number of nitro groups is 1. The number of alkyl halides is 3. The highest BCUT2D eigenvalue weighted by atomic mass is 35.5. The first-order valence-electron chi connectivity index (χ1n) is 4.70. The van der Waals surface area contributed by atoms with Crippen LogP contribution in [0.1, 0.15) is 5.82 Å². The lowest BCUT2D eigenvalue weighted by Gasteiger charge is -2.05. The van der Waals surface area contributed by atoms with Gasteiger partial charge in [-0.25, -0.2) is 4.98 Å². The molecule has 10 heteroatoms. The van der Waals surface area contributed by atoms with E-state index in [-0.39, 0.29) is 5.52 Å². The monoisotopic (exact) mass is 297 g/mol. The molecule has 1 aromatic carbocycles. The van der Waals surface area contributed by atoms with Crippen molar-refractivity contribution in [3.63, 3.8) is 0 Å². The molecule has 1 aromatic heterocycles. The summed E-state index contributed by atoms with van der Waals surface area (Å²) in [5.41, 5.74) is -2.14. The zero-order chi connectivity index (χ0) is 14.5. The van der Waals surface area contributed by atoms with Crippen molar-refractivity contribution in [1.29, 1.82) is 0 Å². The van der Waals surface area contributed by atoms with Crippen molar-refractivity contribution in [3.05, 3.63) is 32.8 Å². The maximum atomic E-state index is 13.5. The van der Waals surface area contributed by atoms with Crippen LogP contribution in [-0.4, -0.2) is 14.5 Å². The lowest BCUT2D eigenvalue weighted by atomic mass is 10.2. The Labute approximate surface area is 107 Å². The molecule has 0 saturated heterocycles. The number of aromatic nitrogens is 2. The van der Waals surface area contributed by atoms with Crippen LogP contribution in [0.2, 0.25) is 5.02 Å². The van der Waals surface area contributed by atoms with E-state index in [9.17, 15) is 27.7 Å². The van der Waals surface area contributed by atoms with Crippen LogP contribution in [-0.2, 0) is 13.2 Å². The predicted molar refractivity (Wildman–Crippen MR) is 57.3 cm³/mol. The molecule has 5 nitrogen and oxygen atoms in total. The van der Waals surface area contributed by atoms with Crippen LogP contribution in [0.3, 0.4) is 0 Å². The largest absolute Gasteiger partial charge is 0.449 e. The number of nitrogens with zero attached hydrogens (tertiary/aromatic N) is 3. The summed E-state index contributed by atoms with van der Waals surface area (Å²) in [7, 11) is 1.01. The van der Waals surface area contributed by atoms with Gasteiger partial charge in [0.2, 0.25) is 11.6 Å². The van der Waals surface area contributed by atoms with Crippen LogP contribution in [0.15, 0.2) is 6.07 Å². The highest BCUT2D eigenvalue weighted by Crippen LogP contribution is 2.37. The fourth-order valence-corrected chi connectivity index (χ4v) is 1.86. The van der Waals surface area contributed by atoms with Crippen molar-refractivity contribution in [2.45, 2.75) is 6.18 Å². The van der Waals surface area contributed by atoms with E-state index in [4.69, 9.17) is 11.6 Å². The molecule has 0 unspecified atom stereocenters. The maximum Gasteiger partial charge on any atom is 0.449 e. The first kappa shape index (κ1) is 13.5. The molecule has 0 aliphatic rings. The minimum atomic E-state index is -4.81. The smallest absolute Gasteiger partial charge is 0.323 e. The van der Waals surface area contributed by atoms with Crippen LogP contribution in [0, 0.1) is 15.9 Å². The first-order chi connectivity index (χ1) is 8.64. The van der Waals surface area contributed by atoms with Gasteiger partial charge in [-0.3, -0.25) is 10.1 Å². The Bertz CT molecular complexity index is 695. The van der Waals surface area contributed by atoms with E-state index in [1.165, 1.54) is 0 Å². The second-order valence-corrected chi connectivity index (χ2v) is 4.05. The second kappa shape index (κ2) is 4.05. The standard InChI is InChI=1S/C9H4ClF4N3O2/c1-16-4-2-3(10)5(11)7(17(18)19)6(4)15-8(16)9(12,13)14/h2H,1H3. The van der Waals surface area contributed by atoms with Gasteiger partial charge in [-0.05, 0) is 6.07 Å². The third-order valence-electron chi connectivity index (χ3n) is 2.48. The number of nitro benzene ring substituents is 1. The molecule has 0 spiro atoms. The number of halogens is 5. The van der Waals surface area contributed by atoms with E-state index in [0.29, 0.717) is 4.57 Å². The Morgan fingerprint density at radius 2 is 2.05 bits per heavy atom. The summed E-state index contributed by atoms with van der Waals surface area (Å²) in [6.07, 6.45) is -4.81. The number of hydrogen-bond acceptors (Lipinski definition) is 3. The first-order valence-corrected chi connectivity index (χ1v) is 5.08. The third kappa shape index (κ3) is 1.99. The maximum absolute atomic E-state index is 13.5. The lowest BCUT2D eigenvalue weighted by Crippen LogP contribution is -2.12. The molecular weight excluding hydrogens is 294 g/mol. The van der Waals surface area contributed by atoms with Crippen LogP contribution in [0.25, 0.3) is 11.0 Å². The van der Waals surface area contributed by atoms with E-state index in [1.54, 1.807) is 0 Å².